The lowest BCUT2D eigenvalue weighted by atomic mass is 10.1. The number of hydrogen-bond acceptors (Lipinski definition) is 1. The summed E-state index contributed by atoms with van der Waals surface area (Å²) in [4.78, 5) is 11.9. The lowest BCUT2D eigenvalue weighted by Crippen LogP contribution is -2.23. The summed E-state index contributed by atoms with van der Waals surface area (Å²) in [5.41, 5.74) is 0. The molecule has 32 heavy (non-hydrogen) atoms. The summed E-state index contributed by atoms with van der Waals surface area (Å²) < 4.78 is 0. The molecule has 0 fully saturated rings. The molecule has 1 amide bonds. The first-order valence-electron chi connectivity index (χ1n) is 14.7. The largest absolute Gasteiger partial charge is 0.356 e. The van der Waals surface area contributed by atoms with Crippen molar-refractivity contribution in [1.82, 2.24) is 5.32 Å². The van der Waals surface area contributed by atoms with Crippen molar-refractivity contribution in [3.8, 4) is 0 Å². The van der Waals surface area contributed by atoms with Crippen molar-refractivity contribution < 1.29 is 4.79 Å². The van der Waals surface area contributed by atoms with E-state index < -0.39 is 0 Å². The van der Waals surface area contributed by atoms with E-state index >= 15 is 0 Å². The summed E-state index contributed by atoms with van der Waals surface area (Å²) >= 11 is 0. The van der Waals surface area contributed by atoms with Gasteiger partial charge in [0.05, 0.1) is 0 Å². The van der Waals surface area contributed by atoms with Crippen LogP contribution in [0.5, 0.6) is 0 Å². The third kappa shape index (κ3) is 27.2. The van der Waals surface area contributed by atoms with E-state index in [1.807, 2.05) is 0 Å². The zero-order valence-electron chi connectivity index (χ0n) is 22.2. The second kappa shape index (κ2) is 28.2. The molecule has 0 aliphatic rings. The number of allylic oxidation sites excluding steroid dienone is 2. The molecule has 1 N–H and O–H groups in total. The highest BCUT2D eigenvalue weighted by Gasteiger charge is 2.00. The molecule has 2 heteroatoms. The summed E-state index contributed by atoms with van der Waals surface area (Å²) in [6.45, 7) is 5.43. The van der Waals surface area contributed by atoms with Gasteiger partial charge in [-0.25, -0.2) is 0 Å². The molecule has 0 aromatic rings. The number of amides is 1. The smallest absolute Gasteiger partial charge is 0.219 e. The van der Waals surface area contributed by atoms with E-state index in [2.05, 4.69) is 31.3 Å². The van der Waals surface area contributed by atoms with Crippen molar-refractivity contribution in [3.05, 3.63) is 12.2 Å². The number of hydrogen-bond donors (Lipinski definition) is 1. The van der Waals surface area contributed by atoms with Crippen LogP contribution in [0.25, 0.3) is 0 Å². The lowest BCUT2D eigenvalue weighted by molar-refractivity contribution is -0.121. The lowest BCUT2D eigenvalue weighted by Gasteiger charge is -2.06. The van der Waals surface area contributed by atoms with E-state index in [0.29, 0.717) is 0 Å². The van der Waals surface area contributed by atoms with Gasteiger partial charge >= 0.3 is 0 Å². The van der Waals surface area contributed by atoms with Gasteiger partial charge in [-0.05, 0) is 38.5 Å². The Kier molecular flexibility index (Phi) is 27.5. The fraction of sp³-hybridized carbons (Fsp3) is 0.900. The Balaban J connectivity index is 3.20. The highest BCUT2D eigenvalue weighted by molar-refractivity contribution is 5.75. The van der Waals surface area contributed by atoms with Gasteiger partial charge < -0.3 is 5.32 Å². The van der Waals surface area contributed by atoms with Crippen LogP contribution in [0, 0.1) is 0 Å². The third-order valence-electron chi connectivity index (χ3n) is 6.52. The molecule has 0 aromatic heterocycles. The second-order valence-corrected chi connectivity index (χ2v) is 9.87. The van der Waals surface area contributed by atoms with Gasteiger partial charge in [0.25, 0.3) is 0 Å². The van der Waals surface area contributed by atoms with Gasteiger partial charge in [-0.3, -0.25) is 4.79 Å². The molecule has 2 nitrogen and oxygen atoms in total. The summed E-state index contributed by atoms with van der Waals surface area (Å²) in [5, 5.41) is 3.11. The van der Waals surface area contributed by atoms with Gasteiger partial charge in [-0.1, -0.05) is 135 Å². The molecular formula is C30H59NO. The summed E-state index contributed by atoms with van der Waals surface area (Å²) in [7, 11) is 0. The normalized spacial score (nSPS) is 11.4. The fourth-order valence-corrected chi connectivity index (χ4v) is 4.28. The Labute approximate surface area is 202 Å². The number of rotatable bonds is 26. The molecule has 0 atom stereocenters. The first-order valence-corrected chi connectivity index (χ1v) is 14.7. The van der Waals surface area contributed by atoms with E-state index in [0.717, 1.165) is 25.8 Å². The molecule has 0 saturated heterocycles. The summed E-state index contributed by atoms with van der Waals surface area (Å²) in [5.74, 6) is 0.263. The predicted molar refractivity (Wildman–Crippen MR) is 144 cm³/mol. The third-order valence-corrected chi connectivity index (χ3v) is 6.52. The van der Waals surface area contributed by atoms with Crippen molar-refractivity contribution in [2.24, 2.45) is 0 Å². The first-order chi connectivity index (χ1) is 15.8. The molecule has 0 aliphatic heterocycles. The average molecular weight is 450 g/mol. The van der Waals surface area contributed by atoms with Crippen LogP contribution >= 0.6 is 0 Å². The van der Waals surface area contributed by atoms with Crippen LogP contribution in [0.3, 0.4) is 0 Å². The summed E-state index contributed by atoms with van der Waals surface area (Å²) in [6, 6.07) is 0. The molecular weight excluding hydrogens is 390 g/mol. The van der Waals surface area contributed by atoms with Crippen LogP contribution in [-0.4, -0.2) is 12.5 Å². The quantitative estimate of drug-likeness (QED) is 0.103. The van der Waals surface area contributed by atoms with Crippen molar-refractivity contribution in [2.75, 3.05) is 6.54 Å². The van der Waals surface area contributed by atoms with Crippen LogP contribution in [0.2, 0.25) is 0 Å². The molecule has 0 saturated carbocycles. The van der Waals surface area contributed by atoms with Gasteiger partial charge in [-0.15, -0.1) is 0 Å². The van der Waals surface area contributed by atoms with Crippen LogP contribution < -0.4 is 5.32 Å². The average Bonchev–Trinajstić information content (AvgIpc) is 2.80. The van der Waals surface area contributed by atoms with Crippen LogP contribution in [0.4, 0.5) is 0 Å². The molecule has 0 unspecified atom stereocenters. The maximum absolute atomic E-state index is 11.9. The molecule has 190 valence electrons. The second-order valence-electron chi connectivity index (χ2n) is 9.87. The van der Waals surface area contributed by atoms with E-state index in [9.17, 15) is 4.79 Å². The minimum absolute atomic E-state index is 0.263. The molecule has 0 bridgehead atoms. The van der Waals surface area contributed by atoms with Crippen LogP contribution in [0.1, 0.15) is 168 Å². The van der Waals surface area contributed by atoms with Crippen LogP contribution in [-0.2, 0) is 4.79 Å². The standard InChI is InChI=1S/C30H59NO/c1-3-5-7-9-11-13-15-16-17-18-19-20-22-24-26-28-30(32)31-29-27-25-23-21-14-12-10-8-6-4-2/h16-17H,3-15,18-29H2,1-2H3,(H,31,32). The van der Waals surface area contributed by atoms with Gasteiger partial charge in [-0.2, -0.15) is 0 Å². The first kappa shape index (κ1) is 31.2. The number of nitrogens with one attached hydrogen (secondary N) is 1. The highest BCUT2D eigenvalue weighted by atomic mass is 16.1. The molecule has 0 rings (SSSR count). The van der Waals surface area contributed by atoms with Crippen molar-refractivity contribution in [3.63, 3.8) is 0 Å². The minimum atomic E-state index is 0.263. The van der Waals surface area contributed by atoms with E-state index in [1.165, 1.54) is 135 Å². The Bertz CT molecular complexity index is 390. The SMILES string of the molecule is CCCCCCCCC=CCCCCCCCC(=O)NCCCCCCCCCCCC. The van der Waals surface area contributed by atoms with E-state index in [4.69, 9.17) is 0 Å². The Morgan fingerprint density at radius 2 is 0.875 bits per heavy atom. The summed E-state index contributed by atoms with van der Waals surface area (Å²) in [6.07, 6.45) is 35.9. The van der Waals surface area contributed by atoms with Gasteiger partial charge in [0.2, 0.25) is 5.91 Å². The van der Waals surface area contributed by atoms with Crippen molar-refractivity contribution in [1.29, 1.82) is 0 Å². The van der Waals surface area contributed by atoms with Gasteiger partial charge in [0.15, 0.2) is 0 Å². The number of carbonyl (C=O) groups is 1. The molecule has 0 aromatic carbocycles. The molecule has 0 aliphatic carbocycles. The number of carbonyl (C=O) groups excluding carboxylic acids is 1. The van der Waals surface area contributed by atoms with E-state index in [1.54, 1.807) is 0 Å². The van der Waals surface area contributed by atoms with Crippen LogP contribution in [0.15, 0.2) is 12.2 Å². The van der Waals surface area contributed by atoms with E-state index in [-0.39, 0.29) is 5.91 Å². The highest BCUT2D eigenvalue weighted by Crippen LogP contribution is 2.11. The molecule has 0 spiro atoms. The minimum Gasteiger partial charge on any atom is -0.356 e. The van der Waals surface area contributed by atoms with Crippen molar-refractivity contribution in [2.45, 2.75) is 168 Å². The molecule has 0 heterocycles. The zero-order chi connectivity index (χ0) is 23.4. The topological polar surface area (TPSA) is 29.1 Å². The Hall–Kier alpha value is -0.790. The predicted octanol–water partition coefficient (Wildman–Crippen LogP) is 10.1. The maximum atomic E-state index is 11.9. The Morgan fingerprint density at radius 1 is 0.500 bits per heavy atom. The molecule has 0 radical (unpaired) electrons. The Morgan fingerprint density at radius 3 is 1.34 bits per heavy atom. The monoisotopic (exact) mass is 449 g/mol. The van der Waals surface area contributed by atoms with Crippen molar-refractivity contribution >= 4 is 5.91 Å². The zero-order valence-corrected chi connectivity index (χ0v) is 22.2. The van der Waals surface area contributed by atoms with Gasteiger partial charge in [0, 0.05) is 13.0 Å². The maximum Gasteiger partial charge on any atom is 0.219 e. The number of unbranched alkanes of at least 4 members (excludes halogenated alkanes) is 20. The van der Waals surface area contributed by atoms with Gasteiger partial charge in [0.1, 0.15) is 0 Å². The fourth-order valence-electron chi connectivity index (χ4n) is 4.28.